The molecule has 4 aromatic rings. The first-order valence-corrected chi connectivity index (χ1v) is 9.88. The number of pyridine rings is 1. The molecule has 0 aliphatic carbocycles. The predicted octanol–water partition coefficient (Wildman–Crippen LogP) is 3.90. The van der Waals surface area contributed by atoms with E-state index in [-0.39, 0.29) is 5.56 Å². The SMILES string of the molecule is COc1ccc(Cc2nnc(Cc3ccccn3)c3cc(N)c(C#N)c(N)c23)cc1Cl. The van der Waals surface area contributed by atoms with Crippen LogP contribution in [0.25, 0.3) is 10.8 Å². The fourth-order valence-corrected chi connectivity index (χ4v) is 3.84. The van der Waals surface area contributed by atoms with Gasteiger partial charge in [-0.2, -0.15) is 15.5 Å². The fourth-order valence-electron chi connectivity index (χ4n) is 3.56. The van der Waals surface area contributed by atoms with Gasteiger partial charge in [-0.05, 0) is 35.9 Å². The number of nitrogens with zero attached hydrogens (tertiary/aromatic N) is 4. The highest BCUT2D eigenvalue weighted by atomic mass is 35.5. The predicted molar refractivity (Wildman–Crippen MR) is 121 cm³/mol. The molecule has 0 unspecified atom stereocenters. The molecule has 0 saturated heterocycles. The molecule has 0 amide bonds. The summed E-state index contributed by atoms with van der Waals surface area (Å²) < 4.78 is 5.22. The van der Waals surface area contributed by atoms with Crippen molar-refractivity contribution < 1.29 is 4.74 Å². The van der Waals surface area contributed by atoms with Crippen molar-refractivity contribution in [3.8, 4) is 11.8 Å². The van der Waals surface area contributed by atoms with Crippen molar-refractivity contribution in [2.75, 3.05) is 18.6 Å². The van der Waals surface area contributed by atoms with Crippen LogP contribution in [-0.4, -0.2) is 22.3 Å². The topological polar surface area (TPSA) is 124 Å². The Morgan fingerprint density at radius 3 is 2.55 bits per heavy atom. The van der Waals surface area contributed by atoms with E-state index in [9.17, 15) is 5.26 Å². The average molecular weight is 431 g/mol. The summed E-state index contributed by atoms with van der Waals surface area (Å²) in [6.07, 6.45) is 2.61. The molecule has 0 aliphatic heterocycles. The Labute approximate surface area is 184 Å². The van der Waals surface area contributed by atoms with E-state index < -0.39 is 0 Å². The van der Waals surface area contributed by atoms with Crippen molar-refractivity contribution in [2.24, 2.45) is 0 Å². The van der Waals surface area contributed by atoms with Gasteiger partial charge in [-0.1, -0.05) is 23.7 Å². The van der Waals surface area contributed by atoms with Crippen LogP contribution in [-0.2, 0) is 12.8 Å². The lowest BCUT2D eigenvalue weighted by atomic mass is 9.96. The van der Waals surface area contributed by atoms with E-state index in [4.69, 9.17) is 27.8 Å². The van der Waals surface area contributed by atoms with E-state index in [0.29, 0.717) is 51.8 Å². The molecule has 0 aliphatic rings. The fraction of sp³-hybridized carbons (Fsp3) is 0.130. The maximum atomic E-state index is 9.55. The van der Waals surface area contributed by atoms with Gasteiger partial charge in [-0.25, -0.2) is 0 Å². The molecule has 2 aromatic carbocycles. The zero-order valence-electron chi connectivity index (χ0n) is 16.8. The Morgan fingerprint density at radius 2 is 1.87 bits per heavy atom. The molecule has 31 heavy (non-hydrogen) atoms. The number of ether oxygens (including phenoxy) is 1. The first-order chi connectivity index (χ1) is 15.0. The zero-order valence-corrected chi connectivity index (χ0v) is 17.5. The molecule has 4 N–H and O–H groups in total. The average Bonchev–Trinajstić information content (AvgIpc) is 2.76. The molecule has 0 fully saturated rings. The Hall–Kier alpha value is -3.89. The second-order valence-electron chi connectivity index (χ2n) is 7.03. The highest BCUT2D eigenvalue weighted by Gasteiger charge is 2.18. The van der Waals surface area contributed by atoms with Crippen LogP contribution in [0.3, 0.4) is 0 Å². The van der Waals surface area contributed by atoms with Crippen LogP contribution in [0.1, 0.15) is 28.2 Å². The third kappa shape index (κ3) is 3.93. The van der Waals surface area contributed by atoms with Gasteiger partial charge in [0.1, 0.15) is 11.8 Å². The summed E-state index contributed by atoms with van der Waals surface area (Å²) in [6, 6.07) is 15.0. The van der Waals surface area contributed by atoms with Crippen LogP contribution >= 0.6 is 11.6 Å². The molecular formula is C23H19ClN6O. The van der Waals surface area contributed by atoms with E-state index in [0.717, 1.165) is 16.6 Å². The number of nitrogens with two attached hydrogens (primary N) is 2. The molecule has 0 saturated carbocycles. The van der Waals surface area contributed by atoms with Crippen molar-refractivity contribution >= 4 is 33.7 Å². The van der Waals surface area contributed by atoms with E-state index in [2.05, 4.69) is 21.3 Å². The molecule has 154 valence electrons. The first-order valence-electron chi connectivity index (χ1n) is 9.50. The molecule has 0 atom stereocenters. The number of rotatable bonds is 5. The molecule has 7 nitrogen and oxygen atoms in total. The maximum Gasteiger partial charge on any atom is 0.137 e. The van der Waals surface area contributed by atoms with Gasteiger partial charge in [0.05, 0.1) is 40.5 Å². The normalized spacial score (nSPS) is 10.7. The highest BCUT2D eigenvalue weighted by Crippen LogP contribution is 2.34. The lowest BCUT2D eigenvalue weighted by molar-refractivity contribution is 0.415. The number of hydrogen-bond donors (Lipinski definition) is 2. The minimum Gasteiger partial charge on any atom is -0.495 e. The number of methoxy groups -OCH3 is 1. The number of aromatic nitrogens is 3. The Bertz CT molecular complexity index is 1320. The number of halogens is 1. The van der Waals surface area contributed by atoms with Gasteiger partial charge in [0, 0.05) is 35.5 Å². The smallest absolute Gasteiger partial charge is 0.137 e. The van der Waals surface area contributed by atoms with Gasteiger partial charge in [-0.3, -0.25) is 4.98 Å². The second kappa shape index (κ2) is 8.46. The summed E-state index contributed by atoms with van der Waals surface area (Å²) in [5, 5.41) is 20.4. The number of benzene rings is 2. The largest absolute Gasteiger partial charge is 0.495 e. The van der Waals surface area contributed by atoms with Crippen LogP contribution < -0.4 is 16.2 Å². The van der Waals surface area contributed by atoms with Crippen LogP contribution in [0.2, 0.25) is 5.02 Å². The lowest BCUT2D eigenvalue weighted by Gasteiger charge is -2.14. The third-order valence-corrected chi connectivity index (χ3v) is 5.36. The molecule has 2 aromatic heterocycles. The summed E-state index contributed by atoms with van der Waals surface area (Å²) in [6.45, 7) is 0. The molecule has 0 spiro atoms. The Morgan fingerprint density at radius 1 is 1.06 bits per heavy atom. The summed E-state index contributed by atoms with van der Waals surface area (Å²) in [5.74, 6) is 0.589. The van der Waals surface area contributed by atoms with Gasteiger partial charge in [0.2, 0.25) is 0 Å². The highest BCUT2D eigenvalue weighted by molar-refractivity contribution is 6.32. The number of hydrogen-bond acceptors (Lipinski definition) is 7. The van der Waals surface area contributed by atoms with E-state index in [1.54, 1.807) is 25.4 Å². The summed E-state index contributed by atoms with van der Waals surface area (Å²) in [4.78, 5) is 4.37. The van der Waals surface area contributed by atoms with Crippen LogP contribution in [0.5, 0.6) is 5.75 Å². The lowest BCUT2D eigenvalue weighted by Crippen LogP contribution is -2.07. The van der Waals surface area contributed by atoms with Gasteiger partial charge < -0.3 is 16.2 Å². The summed E-state index contributed by atoms with van der Waals surface area (Å²) in [7, 11) is 1.56. The molecular weight excluding hydrogens is 412 g/mol. The molecule has 2 heterocycles. The van der Waals surface area contributed by atoms with Crippen molar-refractivity contribution in [3.63, 3.8) is 0 Å². The quantitative estimate of drug-likeness (QED) is 0.460. The van der Waals surface area contributed by atoms with Crippen molar-refractivity contribution in [2.45, 2.75) is 12.8 Å². The molecule has 4 rings (SSSR count). The first kappa shape index (κ1) is 20.4. The van der Waals surface area contributed by atoms with Crippen LogP contribution in [0.15, 0.2) is 48.7 Å². The second-order valence-corrected chi connectivity index (χ2v) is 7.43. The van der Waals surface area contributed by atoms with Crippen LogP contribution in [0, 0.1) is 11.3 Å². The molecule has 8 heteroatoms. The van der Waals surface area contributed by atoms with Crippen molar-refractivity contribution in [3.05, 3.63) is 81.9 Å². The number of anilines is 2. The molecule has 0 radical (unpaired) electrons. The van der Waals surface area contributed by atoms with Gasteiger partial charge >= 0.3 is 0 Å². The number of nitrogen functional groups attached to an aromatic ring is 2. The maximum absolute atomic E-state index is 9.55. The van der Waals surface area contributed by atoms with Gasteiger partial charge in [0.15, 0.2) is 0 Å². The number of nitriles is 1. The number of fused-ring (bicyclic) bond motifs is 1. The Balaban J connectivity index is 1.87. The Kier molecular flexibility index (Phi) is 5.56. The van der Waals surface area contributed by atoms with Crippen LogP contribution in [0.4, 0.5) is 11.4 Å². The van der Waals surface area contributed by atoms with E-state index >= 15 is 0 Å². The molecule has 0 bridgehead atoms. The zero-order chi connectivity index (χ0) is 22.0. The van der Waals surface area contributed by atoms with E-state index in [1.807, 2.05) is 30.3 Å². The summed E-state index contributed by atoms with van der Waals surface area (Å²) in [5.41, 5.74) is 16.4. The minimum absolute atomic E-state index is 0.235. The third-order valence-electron chi connectivity index (χ3n) is 5.06. The monoisotopic (exact) mass is 430 g/mol. The van der Waals surface area contributed by atoms with Gasteiger partial charge in [0.25, 0.3) is 0 Å². The summed E-state index contributed by atoms with van der Waals surface area (Å²) >= 11 is 6.28. The standard InChI is InChI=1S/C23H19ClN6O/c1-31-21-6-5-13(8-17(21)24)9-20-22-15(11-18(26)16(12-25)23(22)27)19(29-30-20)10-14-4-2-3-7-28-14/h2-8,11H,9-10,26-27H2,1H3. The van der Waals surface area contributed by atoms with Crippen molar-refractivity contribution in [1.82, 2.24) is 15.2 Å². The van der Waals surface area contributed by atoms with E-state index in [1.165, 1.54) is 0 Å². The van der Waals surface area contributed by atoms with Crippen molar-refractivity contribution in [1.29, 1.82) is 5.26 Å². The van der Waals surface area contributed by atoms with Gasteiger partial charge in [-0.15, -0.1) is 0 Å². The minimum atomic E-state index is 0.235.